The Morgan fingerprint density at radius 1 is 1.12 bits per heavy atom. The molecule has 0 amide bonds. The molecule has 0 saturated heterocycles. The van der Waals surface area contributed by atoms with E-state index in [1.165, 1.54) is 5.56 Å². The van der Waals surface area contributed by atoms with E-state index in [0.29, 0.717) is 0 Å². The van der Waals surface area contributed by atoms with Gasteiger partial charge in [-0.15, -0.1) is 0 Å². The number of nitrogens with zero attached hydrogens (tertiary/aromatic N) is 2. The van der Waals surface area contributed by atoms with Gasteiger partial charge in [-0.05, 0) is 42.3 Å². The molecule has 4 nitrogen and oxygen atoms in total. The van der Waals surface area contributed by atoms with Gasteiger partial charge in [0.25, 0.3) is 0 Å². The second kappa shape index (κ2) is 7.64. The van der Waals surface area contributed by atoms with Crippen LogP contribution in [0.4, 0.5) is 10.8 Å². The summed E-state index contributed by atoms with van der Waals surface area (Å²) in [5.41, 5.74) is 3.33. The Hall–Kier alpha value is -1.76. The second-order valence-corrected chi connectivity index (χ2v) is 8.22. The molecular weight excluding hydrogens is 372 g/mol. The van der Waals surface area contributed by atoms with Crippen molar-refractivity contribution in [3.8, 4) is 0 Å². The van der Waals surface area contributed by atoms with Gasteiger partial charge in [-0.25, -0.2) is 4.98 Å². The van der Waals surface area contributed by atoms with Crippen molar-refractivity contribution in [2.24, 2.45) is 4.99 Å². The minimum atomic E-state index is 0.722. The smallest absolute Gasteiger partial charge is 0.183 e. The predicted octanol–water partition coefficient (Wildman–Crippen LogP) is 5.12. The SMILES string of the molecule is Clc1ccc2sc(NCCc3ccc(NC4=NCCS4)cc3)nc2c1. The molecule has 0 fully saturated rings. The van der Waals surface area contributed by atoms with Crippen LogP contribution in [0.25, 0.3) is 10.2 Å². The first kappa shape index (κ1) is 16.7. The molecule has 7 heteroatoms. The van der Waals surface area contributed by atoms with Crippen molar-refractivity contribution < 1.29 is 0 Å². The molecule has 0 radical (unpaired) electrons. The molecule has 2 N–H and O–H groups in total. The summed E-state index contributed by atoms with van der Waals surface area (Å²) in [5.74, 6) is 1.07. The zero-order valence-electron chi connectivity index (χ0n) is 13.5. The fourth-order valence-electron chi connectivity index (χ4n) is 2.58. The number of benzene rings is 2. The van der Waals surface area contributed by atoms with Crippen LogP contribution < -0.4 is 10.6 Å². The van der Waals surface area contributed by atoms with Crippen LogP contribution >= 0.6 is 34.7 Å². The topological polar surface area (TPSA) is 49.3 Å². The van der Waals surface area contributed by atoms with Crippen LogP contribution in [-0.2, 0) is 6.42 Å². The number of thiazole rings is 1. The van der Waals surface area contributed by atoms with E-state index in [2.05, 4.69) is 44.9 Å². The third-order valence-corrected chi connectivity index (χ3v) is 5.95. The first-order chi connectivity index (χ1) is 12.3. The molecular formula is C18H17ClN4S2. The zero-order chi connectivity index (χ0) is 17.1. The summed E-state index contributed by atoms with van der Waals surface area (Å²) in [7, 11) is 0. The van der Waals surface area contributed by atoms with E-state index >= 15 is 0 Å². The summed E-state index contributed by atoms with van der Waals surface area (Å²) in [6, 6.07) is 14.3. The van der Waals surface area contributed by atoms with E-state index < -0.39 is 0 Å². The molecule has 128 valence electrons. The average Bonchev–Trinajstić information content (AvgIpc) is 3.25. The van der Waals surface area contributed by atoms with E-state index in [0.717, 1.165) is 56.5 Å². The fourth-order valence-corrected chi connectivity index (χ4v) is 4.37. The van der Waals surface area contributed by atoms with Crippen LogP contribution in [0.1, 0.15) is 5.56 Å². The molecule has 1 aromatic heterocycles. The number of halogens is 1. The Labute approximate surface area is 159 Å². The lowest BCUT2D eigenvalue weighted by Gasteiger charge is -2.07. The molecule has 25 heavy (non-hydrogen) atoms. The number of rotatable bonds is 5. The molecule has 1 aliphatic heterocycles. The minimum absolute atomic E-state index is 0.722. The van der Waals surface area contributed by atoms with Crippen molar-refractivity contribution in [3.05, 3.63) is 53.1 Å². The number of hydrogen-bond donors (Lipinski definition) is 2. The van der Waals surface area contributed by atoms with E-state index in [1.54, 1.807) is 23.1 Å². The number of amidine groups is 1. The number of thioether (sulfide) groups is 1. The van der Waals surface area contributed by atoms with Gasteiger partial charge >= 0.3 is 0 Å². The summed E-state index contributed by atoms with van der Waals surface area (Å²) in [6.07, 6.45) is 0.951. The monoisotopic (exact) mass is 388 g/mol. The minimum Gasteiger partial charge on any atom is -0.361 e. The number of aliphatic imine (C=N–C) groups is 1. The van der Waals surface area contributed by atoms with Crippen LogP contribution in [0.3, 0.4) is 0 Å². The van der Waals surface area contributed by atoms with Crippen molar-refractivity contribution in [2.45, 2.75) is 6.42 Å². The first-order valence-corrected chi connectivity index (χ1v) is 10.3. The average molecular weight is 389 g/mol. The number of anilines is 2. The summed E-state index contributed by atoms with van der Waals surface area (Å²) in [5, 5.41) is 9.43. The molecule has 0 aliphatic carbocycles. The van der Waals surface area contributed by atoms with Gasteiger partial charge in [0, 0.05) is 23.0 Å². The molecule has 3 aromatic rings. The molecule has 4 rings (SSSR count). The van der Waals surface area contributed by atoms with Gasteiger partial charge in [0.15, 0.2) is 10.3 Å². The highest BCUT2D eigenvalue weighted by Crippen LogP contribution is 2.28. The van der Waals surface area contributed by atoms with Gasteiger partial charge in [-0.2, -0.15) is 0 Å². The standard InChI is InChI=1S/C18H17ClN4S2/c19-13-3-6-16-15(11-13)23-18(25-16)20-8-7-12-1-4-14(5-2-12)22-17-21-9-10-24-17/h1-6,11H,7-10H2,(H,20,23)(H,21,22). The van der Waals surface area contributed by atoms with E-state index in [-0.39, 0.29) is 0 Å². The van der Waals surface area contributed by atoms with Crippen molar-refractivity contribution in [1.29, 1.82) is 0 Å². The lowest BCUT2D eigenvalue weighted by atomic mass is 10.1. The maximum atomic E-state index is 6.01. The molecule has 0 bridgehead atoms. The van der Waals surface area contributed by atoms with Gasteiger partial charge < -0.3 is 10.6 Å². The number of hydrogen-bond acceptors (Lipinski definition) is 6. The van der Waals surface area contributed by atoms with Crippen molar-refractivity contribution in [3.63, 3.8) is 0 Å². The molecule has 0 atom stereocenters. The van der Waals surface area contributed by atoms with Crippen LogP contribution in [0.2, 0.25) is 5.02 Å². The van der Waals surface area contributed by atoms with Crippen LogP contribution in [-0.4, -0.2) is 29.0 Å². The fraction of sp³-hybridized carbons (Fsp3) is 0.222. The zero-order valence-corrected chi connectivity index (χ0v) is 15.8. The largest absolute Gasteiger partial charge is 0.361 e. The number of fused-ring (bicyclic) bond motifs is 1. The van der Waals surface area contributed by atoms with E-state index in [4.69, 9.17) is 11.6 Å². The molecule has 0 spiro atoms. The molecule has 0 saturated carbocycles. The Balaban J connectivity index is 1.31. The molecule has 0 unspecified atom stereocenters. The van der Waals surface area contributed by atoms with Crippen molar-refractivity contribution >= 4 is 60.9 Å². The van der Waals surface area contributed by atoms with Gasteiger partial charge in [0.05, 0.1) is 16.8 Å². The Morgan fingerprint density at radius 2 is 2.00 bits per heavy atom. The van der Waals surface area contributed by atoms with Crippen LogP contribution in [0.15, 0.2) is 47.5 Å². The number of aromatic nitrogens is 1. The van der Waals surface area contributed by atoms with Crippen molar-refractivity contribution in [2.75, 3.05) is 29.5 Å². The van der Waals surface area contributed by atoms with Crippen molar-refractivity contribution in [1.82, 2.24) is 4.98 Å². The normalized spacial score (nSPS) is 13.9. The van der Waals surface area contributed by atoms with Crippen LogP contribution in [0, 0.1) is 0 Å². The molecule has 2 aromatic carbocycles. The lowest BCUT2D eigenvalue weighted by molar-refractivity contribution is 1.02. The second-order valence-electron chi connectivity index (χ2n) is 5.67. The summed E-state index contributed by atoms with van der Waals surface area (Å²) < 4.78 is 1.15. The van der Waals surface area contributed by atoms with E-state index in [9.17, 15) is 0 Å². The van der Waals surface area contributed by atoms with Gasteiger partial charge in [0.1, 0.15) is 0 Å². The third kappa shape index (κ3) is 4.26. The third-order valence-electron chi connectivity index (χ3n) is 3.83. The highest BCUT2D eigenvalue weighted by Gasteiger charge is 2.07. The maximum Gasteiger partial charge on any atom is 0.183 e. The summed E-state index contributed by atoms with van der Waals surface area (Å²) in [6.45, 7) is 1.76. The molecule has 1 aliphatic rings. The summed E-state index contributed by atoms with van der Waals surface area (Å²) >= 11 is 9.43. The number of nitrogens with one attached hydrogen (secondary N) is 2. The van der Waals surface area contributed by atoms with Gasteiger partial charge in [-0.3, -0.25) is 4.99 Å². The Bertz CT molecular complexity index is 905. The van der Waals surface area contributed by atoms with Gasteiger partial charge in [0.2, 0.25) is 0 Å². The first-order valence-electron chi connectivity index (χ1n) is 8.09. The van der Waals surface area contributed by atoms with Gasteiger partial charge in [-0.1, -0.05) is 46.8 Å². The summed E-state index contributed by atoms with van der Waals surface area (Å²) in [4.78, 5) is 8.98. The highest BCUT2D eigenvalue weighted by molar-refractivity contribution is 8.14. The predicted molar refractivity (Wildman–Crippen MR) is 112 cm³/mol. The molecule has 2 heterocycles. The van der Waals surface area contributed by atoms with Crippen LogP contribution in [0.5, 0.6) is 0 Å². The highest BCUT2D eigenvalue weighted by atomic mass is 35.5. The lowest BCUT2D eigenvalue weighted by Crippen LogP contribution is -2.06. The quantitative estimate of drug-likeness (QED) is 0.637. The Kier molecular flexibility index (Phi) is 5.10. The maximum absolute atomic E-state index is 6.01. The van der Waals surface area contributed by atoms with E-state index in [1.807, 2.05) is 18.2 Å². The Morgan fingerprint density at radius 3 is 2.80 bits per heavy atom.